The molecule has 0 bridgehead atoms. The summed E-state index contributed by atoms with van der Waals surface area (Å²) in [6, 6.07) is 0. The van der Waals surface area contributed by atoms with Crippen molar-refractivity contribution >= 4 is 21.9 Å². The topological polar surface area (TPSA) is 47.0 Å². The van der Waals surface area contributed by atoms with Gasteiger partial charge >= 0.3 is 0 Å². The predicted molar refractivity (Wildman–Crippen MR) is 66.4 cm³/mol. The van der Waals surface area contributed by atoms with Crippen molar-refractivity contribution in [1.29, 1.82) is 0 Å². The van der Waals surface area contributed by atoms with Gasteiger partial charge in [-0.2, -0.15) is 0 Å². The number of aromatic nitrogens is 2. The first kappa shape index (κ1) is 11.8. The van der Waals surface area contributed by atoms with E-state index in [9.17, 15) is 0 Å². The summed E-state index contributed by atoms with van der Waals surface area (Å²) in [7, 11) is 0. The quantitative estimate of drug-likeness (QED) is 0.923. The Bertz CT molecular complexity index is 331. The van der Waals surface area contributed by atoms with Crippen molar-refractivity contribution in [2.75, 3.05) is 18.5 Å². The van der Waals surface area contributed by atoms with Gasteiger partial charge in [0, 0.05) is 31.5 Å². The standard InChI is InChI=1S/C11H16BrN3O/c1-2-10-8(3-4-16-10)5-13-11-14-6-9(12)7-15-11/h6-8,10H,2-5H2,1H3,(H,13,14,15). The summed E-state index contributed by atoms with van der Waals surface area (Å²) in [4.78, 5) is 8.36. The zero-order chi connectivity index (χ0) is 11.4. The lowest BCUT2D eigenvalue weighted by molar-refractivity contribution is 0.0900. The fourth-order valence-electron chi connectivity index (χ4n) is 2.00. The average molecular weight is 286 g/mol. The molecule has 0 radical (unpaired) electrons. The van der Waals surface area contributed by atoms with Gasteiger partial charge in [0.25, 0.3) is 0 Å². The molecule has 0 spiro atoms. The van der Waals surface area contributed by atoms with Gasteiger partial charge in [-0.1, -0.05) is 6.92 Å². The Hall–Kier alpha value is -0.680. The van der Waals surface area contributed by atoms with Crippen LogP contribution in [-0.2, 0) is 4.74 Å². The number of hydrogen-bond acceptors (Lipinski definition) is 4. The summed E-state index contributed by atoms with van der Waals surface area (Å²) >= 11 is 3.31. The summed E-state index contributed by atoms with van der Waals surface area (Å²) in [6.45, 7) is 3.94. The molecule has 0 amide bonds. The predicted octanol–water partition coefficient (Wildman–Crippen LogP) is 2.47. The Morgan fingerprint density at radius 2 is 2.25 bits per heavy atom. The molecule has 2 unspecified atom stereocenters. The van der Waals surface area contributed by atoms with Crippen LogP contribution in [0.2, 0.25) is 0 Å². The van der Waals surface area contributed by atoms with Gasteiger partial charge in [-0.25, -0.2) is 9.97 Å². The highest BCUT2D eigenvalue weighted by atomic mass is 79.9. The molecule has 2 rings (SSSR count). The summed E-state index contributed by atoms with van der Waals surface area (Å²) in [5.41, 5.74) is 0. The average Bonchev–Trinajstić information content (AvgIpc) is 2.76. The Morgan fingerprint density at radius 1 is 1.50 bits per heavy atom. The number of nitrogens with zero attached hydrogens (tertiary/aromatic N) is 2. The first-order valence-electron chi connectivity index (χ1n) is 5.62. The van der Waals surface area contributed by atoms with E-state index < -0.39 is 0 Å². The molecule has 1 aromatic heterocycles. The van der Waals surface area contributed by atoms with Crippen molar-refractivity contribution in [3.63, 3.8) is 0 Å². The molecule has 5 heteroatoms. The number of nitrogens with one attached hydrogen (secondary N) is 1. The monoisotopic (exact) mass is 285 g/mol. The van der Waals surface area contributed by atoms with Crippen molar-refractivity contribution in [1.82, 2.24) is 9.97 Å². The maximum Gasteiger partial charge on any atom is 0.222 e. The molecule has 4 nitrogen and oxygen atoms in total. The van der Waals surface area contributed by atoms with Crippen molar-refractivity contribution in [3.8, 4) is 0 Å². The van der Waals surface area contributed by atoms with E-state index >= 15 is 0 Å². The molecule has 1 fully saturated rings. The second-order valence-corrected chi connectivity index (χ2v) is 4.89. The first-order chi connectivity index (χ1) is 7.79. The van der Waals surface area contributed by atoms with E-state index in [0.29, 0.717) is 18.0 Å². The van der Waals surface area contributed by atoms with E-state index in [1.807, 2.05) is 0 Å². The molecule has 2 heterocycles. The first-order valence-corrected chi connectivity index (χ1v) is 6.42. The van der Waals surface area contributed by atoms with Crippen LogP contribution in [0.5, 0.6) is 0 Å². The van der Waals surface area contributed by atoms with Gasteiger partial charge in [-0.15, -0.1) is 0 Å². The fourth-order valence-corrected chi connectivity index (χ4v) is 2.21. The molecule has 0 saturated carbocycles. The molecule has 0 aromatic carbocycles. The lowest BCUT2D eigenvalue weighted by Crippen LogP contribution is -2.23. The Balaban J connectivity index is 1.85. The molecule has 88 valence electrons. The minimum absolute atomic E-state index is 0.392. The minimum Gasteiger partial charge on any atom is -0.378 e. The van der Waals surface area contributed by atoms with Gasteiger partial charge in [0.05, 0.1) is 10.6 Å². The summed E-state index contributed by atoms with van der Waals surface area (Å²) in [6.07, 6.45) is 6.09. The van der Waals surface area contributed by atoms with E-state index in [2.05, 4.69) is 38.1 Å². The molecule has 16 heavy (non-hydrogen) atoms. The van der Waals surface area contributed by atoms with Gasteiger partial charge in [-0.05, 0) is 28.8 Å². The second-order valence-electron chi connectivity index (χ2n) is 3.97. The highest BCUT2D eigenvalue weighted by Crippen LogP contribution is 2.23. The second kappa shape index (κ2) is 5.59. The van der Waals surface area contributed by atoms with Crippen molar-refractivity contribution in [2.45, 2.75) is 25.9 Å². The normalized spacial score (nSPS) is 24.6. The number of halogens is 1. The largest absolute Gasteiger partial charge is 0.378 e. The fraction of sp³-hybridized carbons (Fsp3) is 0.636. The van der Waals surface area contributed by atoms with Crippen molar-refractivity contribution in [2.24, 2.45) is 5.92 Å². The van der Waals surface area contributed by atoms with E-state index in [1.54, 1.807) is 12.4 Å². The zero-order valence-electron chi connectivity index (χ0n) is 9.32. The van der Waals surface area contributed by atoms with Crippen molar-refractivity contribution in [3.05, 3.63) is 16.9 Å². The molecule has 2 atom stereocenters. The van der Waals surface area contributed by atoms with Crippen LogP contribution in [-0.4, -0.2) is 29.2 Å². The third kappa shape index (κ3) is 2.92. The van der Waals surface area contributed by atoms with E-state index in [0.717, 1.165) is 30.5 Å². The molecule has 0 aliphatic carbocycles. The molecular weight excluding hydrogens is 270 g/mol. The van der Waals surface area contributed by atoms with Gasteiger partial charge in [0.15, 0.2) is 0 Å². The van der Waals surface area contributed by atoms with Gasteiger partial charge in [0.1, 0.15) is 0 Å². The third-order valence-electron chi connectivity index (χ3n) is 2.89. The number of rotatable bonds is 4. The Kier molecular flexibility index (Phi) is 4.12. The maximum atomic E-state index is 5.63. The van der Waals surface area contributed by atoms with Crippen LogP contribution in [0.15, 0.2) is 16.9 Å². The van der Waals surface area contributed by atoms with Crippen LogP contribution < -0.4 is 5.32 Å². The number of anilines is 1. The lowest BCUT2D eigenvalue weighted by atomic mass is 10.00. The number of hydrogen-bond donors (Lipinski definition) is 1. The van der Waals surface area contributed by atoms with Crippen LogP contribution in [0.25, 0.3) is 0 Å². The van der Waals surface area contributed by atoms with Gasteiger partial charge in [0.2, 0.25) is 5.95 Å². The van der Waals surface area contributed by atoms with Crippen LogP contribution in [0, 0.1) is 5.92 Å². The van der Waals surface area contributed by atoms with Gasteiger partial charge < -0.3 is 10.1 Å². The maximum absolute atomic E-state index is 5.63. The lowest BCUT2D eigenvalue weighted by Gasteiger charge is -2.16. The molecule has 1 aliphatic heterocycles. The zero-order valence-corrected chi connectivity index (χ0v) is 10.9. The van der Waals surface area contributed by atoms with Crippen molar-refractivity contribution < 1.29 is 4.74 Å². The van der Waals surface area contributed by atoms with Crippen LogP contribution in [0.4, 0.5) is 5.95 Å². The summed E-state index contributed by atoms with van der Waals surface area (Å²) in [5.74, 6) is 1.27. The molecule has 1 aromatic rings. The highest BCUT2D eigenvalue weighted by molar-refractivity contribution is 9.10. The van der Waals surface area contributed by atoms with E-state index in [4.69, 9.17) is 4.74 Å². The van der Waals surface area contributed by atoms with Crippen LogP contribution in [0.1, 0.15) is 19.8 Å². The molecule has 1 saturated heterocycles. The van der Waals surface area contributed by atoms with E-state index in [-0.39, 0.29) is 0 Å². The molecular formula is C11H16BrN3O. The Labute approximate surface area is 104 Å². The molecule has 1 aliphatic rings. The highest BCUT2D eigenvalue weighted by Gasteiger charge is 2.26. The number of ether oxygens (including phenoxy) is 1. The third-order valence-corrected chi connectivity index (χ3v) is 3.30. The smallest absolute Gasteiger partial charge is 0.222 e. The van der Waals surface area contributed by atoms with E-state index in [1.165, 1.54) is 0 Å². The summed E-state index contributed by atoms with van der Waals surface area (Å²) < 4.78 is 6.53. The minimum atomic E-state index is 0.392. The SMILES string of the molecule is CCC1OCCC1CNc1ncc(Br)cn1. The summed E-state index contributed by atoms with van der Waals surface area (Å²) in [5, 5.41) is 3.26. The van der Waals surface area contributed by atoms with Gasteiger partial charge in [-0.3, -0.25) is 0 Å². The molecule has 1 N–H and O–H groups in total. The van der Waals surface area contributed by atoms with Crippen LogP contribution >= 0.6 is 15.9 Å². The van der Waals surface area contributed by atoms with Crippen LogP contribution in [0.3, 0.4) is 0 Å². The Morgan fingerprint density at radius 3 is 2.94 bits per heavy atom.